The van der Waals surface area contributed by atoms with Crippen LogP contribution >= 0.6 is 0 Å². The van der Waals surface area contributed by atoms with Crippen molar-refractivity contribution >= 4 is 29.0 Å². The van der Waals surface area contributed by atoms with E-state index < -0.39 is 30.1 Å². The van der Waals surface area contributed by atoms with Gasteiger partial charge in [0.1, 0.15) is 18.5 Å². The number of allylic oxidation sites excluding steroid dienone is 1. The fourth-order valence-electron chi connectivity index (χ4n) is 6.22. The molecule has 2 heterocycles. The maximum atomic E-state index is 13.8. The Morgan fingerprint density at radius 2 is 2.02 bits per heavy atom. The Labute approximate surface area is 256 Å². The normalized spacial score (nSPS) is 20.2. The number of benzene rings is 2. The van der Waals surface area contributed by atoms with E-state index in [4.69, 9.17) is 9.47 Å². The van der Waals surface area contributed by atoms with E-state index in [1.807, 2.05) is 36.4 Å². The molecular formula is C34H39N3O7. The number of carbonyl (C=O) groups excluding carboxylic acids is 3. The van der Waals surface area contributed by atoms with Crippen LogP contribution in [0.5, 0.6) is 11.5 Å². The van der Waals surface area contributed by atoms with Gasteiger partial charge in [-0.1, -0.05) is 24.3 Å². The highest BCUT2D eigenvalue weighted by Gasteiger charge is 2.51. The fourth-order valence-corrected chi connectivity index (χ4v) is 6.22. The highest BCUT2D eigenvalue weighted by Crippen LogP contribution is 2.51. The minimum Gasteiger partial charge on any atom is -0.493 e. The van der Waals surface area contributed by atoms with Crippen LogP contribution < -0.4 is 14.8 Å². The van der Waals surface area contributed by atoms with Gasteiger partial charge in [-0.2, -0.15) is 0 Å². The van der Waals surface area contributed by atoms with Crippen LogP contribution in [0.4, 0.5) is 0 Å². The summed E-state index contributed by atoms with van der Waals surface area (Å²) in [4.78, 5) is 44.1. The van der Waals surface area contributed by atoms with Gasteiger partial charge in [0.05, 0.1) is 25.7 Å². The molecular weight excluding hydrogens is 562 g/mol. The van der Waals surface area contributed by atoms with Crippen molar-refractivity contribution in [2.75, 3.05) is 26.8 Å². The molecule has 2 aromatic carbocycles. The number of fused-ring (bicyclic) bond motifs is 4. The van der Waals surface area contributed by atoms with Gasteiger partial charge >= 0.3 is 0 Å². The number of hydrogen-bond donors (Lipinski definition) is 4. The number of carbonyl (C=O) groups is 3. The third-order valence-corrected chi connectivity index (χ3v) is 8.35. The number of aliphatic hydroxyl groups is 2. The van der Waals surface area contributed by atoms with Gasteiger partial charge in [-0.15, -0.1) is 6.58 Å². The van der Waals surface area contributed by atoms with Crippen molar-refractivity contribution < 1.29 is 34.1 Å². The number of aromatic nitrogens is 1. The predicted octanol–water partition coefficient (Wildman–Crippen LogP) is 3.43. The van der Waals surface area contributed by atoms with Gasteiger partial charge < -0.3 is 34.9 Å². The number of H-pyrrole nitrogens is 1. The van der Waals surface area contributed by atoms with Crippen LogP contribution in [-0.4, -0.2) is 83.3 Å². The summed E-state index contributed by atoms with van der Waals surface area (Å²) >= 11 is 0. The molecule has 4 N–H and O–H groups in total. The second kappa shape index (κ2) is 13.9. The molecule has 1 aliphatic heterocycles. The van der Waals surface area contributed by atoms with E-state index in [0.717, 1.165) is 29.4 Å². The molecule has 2 aliphatic rings. The van der Waals surface area contributed by atoms with E-state index in [-0.39, 0.29) is 31.1 Å². The van der Waals surface area contributed by atoms with Crippen molar-refractivity contribution in [2.45, 2.75) is 56.3 Å². The number of nitrogens with one attached hydrogen (secondary N) is 2. The average molecular weight is 602 g/mol. The van der Waals surface area contributed by atoms with E-state index in [1.54, 1.807) is 23.1 Å². The third-order valence-electron chi connectivity index (χ3n) is 8.35. The highest BCUT2D eigenvalue weighted by molar-refractivity contribution is 5.96. The predicted molar refractivity (Wildman–Crippen MR) is 166 cm³/mol. The van der Waals surface area contributed by atoms with E-state index >= 15 is 0 Å². The fraction of sp³-hybridized carbons (Fsp3) is 0.382. The summed E-state index contributed by atoms with van der Waals surface area (Å²) in [5.74, 6) is -0.662. The number of ether oxygens (including phenoxy) is 2. The van der Waals surface area contributed by atoms with Crippen molar-refractivity contribution in [3.05, 3.63) is 83.6 Å². The molecule has 10 nitrogen and oxygen atoms in total. The molecule has 1 aliphatic carbocycles. The molecule has 0 radical (unpaired) electrons. The molecule has 0 spiro atoms. The molecule has 2 amide bonds. The number of unbranched alkanes of at least 4 members (excludes halogenated alkanes) is 2. The topological polar surface area (TPSA) is 141 Å². The summed E-state index contributed by atoms with van der Waals surface area (Å²) in [7, 11) is 1.45. The summed E-state index contributed by atoms with van der Waals surface area (Å²) in [5, 5.41) is 25.0. The molecule has 0 unspecified atom stereocenters. The van der Waals surface area contributed by atoms with Crippen LogP contribution in [0.25, 0.3) is 10.9 Å². The lowest BCUT2D eigenvalue weighted by molar-refractivity contribution is -0.137. The Bertz CT molecular complexity index is 1530. The van der Waals surface area contributed by atoms with E-state index in [9.17, 15) is 24.6 Å². The standard InChI is InChI=1S/C34H39N3O7/c1-3-4-5-6-11-29(40)37(14-12-23-18-22-9-7-8-10-26(22)36-23)27-19-25(34(42)35-13-15-38)30-24-16-21(20-39)17-28(43-2)32(24)44-33(30)31(27)41/h3,7-10,16-20,27,30-31,33,36,38,41H,1,4-6,11-15H2,2H3,(H,35,42)/t27-,30+,31+,33+/m1/s1. The van der Waals surface area contributed by atoms with Gasteiger partial charge in [0.2, 0.25) is 11.8 Å². The Morgan fingerprint density at radius 1 is 1.20 bits per heavy atom. The second-order valence-corrected chi connectivity index (χ2v) is 11.2. The lowest BCUT2D eigenvalue weighted by atomic mass is 9.77. The van der Waals surface area contributed by atoms with Crippen molar-refractivity contribution in [1.82, 2.24) is 15.2 Å². The molecule has 44 heavy (non-hydrogen) atoms. The summed E-state index contributed by atoms with van der Waals surface area (Å²) in [5.41, 5.74) is 3.11. The Morgan fingerprint density at radius 3 is 2.75 bits per heavy atom. The number of aromatic amines is 1. The van der Waals surface area contributed by atoms with Crippen LogP contribution in [0.2, 0.25) is 0 Å². The zero-order chi connectivity index (χ0) is 31.2. The van der Waals surface area contributed by atoms with Gasteiger partial charge in [0.25, 0.3) is 0 Å². The maximum absolute atomic E-state index is 13.8. The quantitative estimate of drug-likeness (QED) is 0.126. The van der Waals surface area contributed by atoms with Gasteiger partial charge in [0.15, 0.2) is 11.5 Å². The van der Waals surface area contributed by atoms with Crippen molar-refractivity contribution in [2.24, 2.45) is 0 Å². The Kier molecular flexibility index (Phi) is 9.82. The molecule has 232 valence electrons. The third kappa shape index (κ3) is 6.27. The van der Waals surface area contributed by atoms with Crippen molar-refractivity contribution in [1.29, 1.82) is 0 Å². The molecule has 3 aromatic rings. The second-order valence-electron chi connectivity index (χ2n) is 11.2. The number of aliphatic hydroxyl groups excluding tert-OH is 2. The minimum absolute atomic E-state index is 0.0263. The molecule has 0 saturated carbocycles. The number of nitrogens with zero attached hydrogens (tertiary/aromatic N) is 1. The number of rotatable bonds is 14. The summed E-state index contributed by atoms with van der Waals surface area (Å²) in [6.45, 7) is 3.82. The zero-order valence-electron chi connectivity index (χ0n) is 24.8. The molecule has 4 atom stereocenters. The van der Waals surface area contributed by atoms with Crippen LogP contribution in [0.1, 0.15) is 53.2 Å². The molecule has 10 heteroatoms. The number of amides is 2. The van der Waals surface area contributed by atoms with Crippen LogP contribution in [0.3, 0.4) is 0 Å². The summed E-state index contributed by atoms with van der Waals surface area (Å²) < 4.78 is 11.8. The molecule has 1 aromatic heterocycles. The first kappa shape index (κ1) is 31.0. The average Bonchev–Trinajstić information content (AvgIpc) is 3.64. The van der Waals surface area contributed by atoms with Gasteiger partial charge in [-0.05, 0) is 55.0 Å². The number of para-hydroxylation sites is 1. The molecule has 5 rings (SSSR count). The molecule has 0 fully saturated rings. The number of hydrogen-bond acceptors (Lipinski definition) is 7. The van der Waals surface area contributed by atoms with E-state index in [1.165, 1.54) is 7.11 Å². The first-order valence-corrected chi connectivity index (χ1v) is 15.0. The highest BCUT2D eigenvalue weighted by atomic mass is 16.5. The van der Waals surface area contributed by atoms with E-state index in [0.29, 0.717) is 48.3 Å². The lowest BCUT2D eigenvalue weighted by Crippen LogP contribution is -2.56. The number of aldehydes is 1. The Balaban J connectivity index is 1.52. The minimum atomic E-state index is -1.19. The van der Waals surface area contributed by atoms with Gasteiger partial charge in [0, 0.05) is 53.8 Å². The van der Waals surface area contributed by atoms with Crippen molar-refractivity contribution in [3.8, 4) is 11.5 Å². The van der Waals surface area contributed by atoms with E-state index in [2.05, 4.69) is 16.9 Å². The first-order chi connectivity index (χ1) is 21.4. The molecule has 0 saturated heterocycles. The van der Waals surface area contributed by atoms with Crippen LogP contribution in [0.15, 0.2) is 66.8 Å². The SMILES string of the molecule is C=CCCCCC(=O)N(CCc1cc2ccccc2[nH]1)[C@@H]1C=C(C(=O)NCCO)[C@@H]2c3cc(C=O)cc(OC)c3O[C@@H]2[C@H]1O. The van der Waals surface area contributed by atoms with Crippen LogP contribution in [0, 0.1) is 0 Å². The summed E-state index contributed by atoms with van der Waals surface area (Å²) in [6, 6.07) is 12.3. The monoisotopic (exact) mass is 601 g/mol. The maximum Gasteiger partial charge on any atom is 0.247 e. The number of methoxy groups -OCH3 is 1. The smallest absolute Gasteiger partial charge is 0.247 e. The Hall–Kier alpha value is -4.41. The van der Waals surface area contributed by atoms with Gasteiger partial charge in [-0.3, -0.25) is 14.4 Å². The van der Waals surface area contributed by atoms with Crippen molar-refractivity contribution in [3.63, 3.8) is 0 Å². The first-order valence-electron chi connectivity index (χ1n) is 15.0. The summed E-state index contributed by atoms with van der Waals surface area (Å²) in [6.07, 6.45) is 5.08. The lowest BCUT2D eigenvalue weighted by Gasteiger charge is -2.40. The van der Waals surface area contributed by atoms with Crippen LogP contribution in [-0.2, 0) is 16.0 Å². The molecule has 0 bridgehead atoms. The zero-order valence-corrected chi connectivity index (χ0v) is 24.8. The largest absolute Gasteiger partial charge is 0.493 e. The van der Waals surface area contributed by atoms with Gasteiger partial charge in [-0.25, -0.2) is 0 Å².